The zero-order chi connectivity index (χ0) is 20.2. The van der Waals surface area contributed by atoms with E-state index in [-0.39, 0.29) is 6.54 Å². The minimum absolute atomic E-state index is 0.124. The van der Waals surface area contributed by atoms with Crippen molar-refractivity contribution in [3.63, 3.8) is 0 Å². The SMILES string of the molecule is CCCCCCCCCCCCCCOCCOCC[N+](C)(C)CC(=O)O. The highest BCUT2D eigenvalue weighted by molar-refractivity contribution is 5.67. The third kappa shape index (κ3) is 21.5. The highest BCUT2D eigenvalue weighted by atomic mass is 16.5. The van der Waals surface area contributed by atoms with Crippen LogP contribution in [0.1, 0.15) is 84.0 Å². The number of nitrogens with zero attached hydrogens (tertiary/aromatic N) is 1. The molecular formula is C22H46NO4+. The maximum atomic E-state index is 10.7. The summed E-state index contributed by atoms with van der Waals surface area (Å²) in [5.74, 6) is -0.772. The van der Waals surface area contributed by atoms with Crippen molar-refractivity contribution in [3.05, 3.63) is 0 Å². The van der Waals surface area contributed by atoms with Crippen LogP contribution in [0, 0.1) is 0 Å². The lowest BCUT2D eigenvalue weighted by molar-refractivity contribution is -0.883. The minimum Gasteiger partial charge on any atom is -0.477 e. The van der Waals surface area contributed by atoms with Crippen molar-refractivity contribution in [1.82, 2.24) is 0 Å². The van der Waals surface area contributed by atoms with Gasteiger partial charge >= 0.3 is 5.97 Å². The van der Waals surface area contributed by atoms with Gasteiger partial charge in [0.2, 0.25) is 0 Å². The molecule has 0 heterocycles. The molecule has 0 radical (unpaired) electrons. The van der Waals surface area contributed by atoms with E-state index in [1.54, 1.807) is 0 Å². The number of hydrogen-bond donors (Lipinski definition) is 1. The van der Waals surface area contributed by atoms with Crippen LogP contribution in [0.3, 0.4) is 0 Å². The number of likely N-dealkylation sites (N-methyl/N-ethyl adjacent to an activating group) is 1. The van der Waals surface area contributed by atoms with Crippen molar-refractivity contribution >= 4 is 5.97 Å². The molecule has 0 bridgehead atoms. The van der Waals surface area contributed by atoms with Crippen LogP contribution in [0.2, 0.25) is 0 Å². The predicted octanol–water partition coefficient (Wildman–Crippen LogP) is 4.88. The molecule has 0 aliphatic carbocycles. The van der Waals surface area contributed by atoms with E-state index in [1.165, 1.54) is 70.6 Å². The zero-order valence-corrected chi connectivity index (χ0v) is 18.3. The third-order valence-corrected chi connectivity index (χ3v) is 4.92. The second-order valence-electron chi connectivity index (χ2n) is 8.33. The van der Waals surface area contributed by atoms with Gasteiger partial charge in [0, 0.05) is 6.61 Å². The molecule has 0 rings (SSSR count). The van der Waals surface area contributed by atoms with E-state index in [2.05, 4.69) is 6.92 Å². The summed E-state index contributed by atoms with van der Waals surface area (Å²) in [6, 6.07) is 0. The van der Waals surface area contributed by atoms with Gasteiger partial charge in [0.1, 0.15) is 6.54 Å². The first-order valence-corrected chi connectivity index (χ1v) is 11.2. The van der Waals surface area contributed by atoms with Crippen molar-refractivity contribution < 1.29 is 23.9 Å². The van der Waals surface area contributed by atoms with E-state index in [4.69, 9.17) is 14.6 Å². The Morgan fingerprint density at radius 1 is 0.704 bits per heavy atom. The van der Waals surface area contributed by atoms with Crippen LogP contribution in [0.15, 0.2) is 0 Å². The summed E-state index contributed by atoms with van der Waals surface area (Å²) >= 11 is 0. The second kappa shape index (κ2) is 18.7. The number of carboxylic acid groups (broad SMARTS) is 1. The van der Waals surface area contributed by atoms with Crippen molar-refractivity contribution in [2.75, 3.05) is 53.6 Å². The lowest BCUT2D eigenvalue weighted by Gasteiger charge is -2.27. The molecule has 5 heteroatoms. The molecule has 0 saturated carbocycles. The summed E-state index contributed by atoms with van der Waals surface area (Å²) < 4.78 is 11.6. The molecule has 0 aliphatic rings. The molecule has 0 amide bonds. The van der Waals surface area contributed by atoms with Crippen LogP contribution >= 0.6 is 0 Å². The van der Waals surface area contributed by atoms with E-state index >= 15 is 0 Å². The summed E-state index contributed by atoms with van der Waals surface area (Å²) in [6.07, 6.45) is 16.3. The van der Waals surface area contributed by atoms with E-state index in [0.717, 1.165) is 13.0 Å². The van der Waals surface area contributed by atoms with Crippen molar-refractivity contribution in [2.45, 2.75) is 84.0 Å². The average Bonchev–Trinajstić information content (AvgIpc) is 2.59. The fourth-order valence-electron chi connectivity index (χ4n) is 3.12. The molecule has 0 aliphatic heterocycles. The van der Waals surface area contributed by atoms with E-state index < -0.39 is 5.97 Å². The topological polar surface area (TPSA) is 55.8 Å². The van der Waals surface area contributed by atoms with Gasteiger partial charge < -0.3 is 19.1 Å². The maximum absolute atomic E-state index is 10.7. The first kappa shape index (κ1) is 26.4. The number of ether oxygens (including phenoxy) is 2. The Hall–Kier alpha value is -0.650. The molecule has 0 aromatic heterocycles. The number of rotatable bonds is 21. The van der Waals surface area contributed by atoms with Crippen molar-refractivity contribution in [3.8, 4) is 0 Å². The van der Waals surface area contributed by atoms with Gasteiger partial charge in [-0.3, -0.25) is 0 Å². The van der Waals surface area contributed by atoms with Gasteiger partial charge in [-0.25, -0.2) is 4.79 Å². The van der Waals surface area contributed by atoms with Crippen molar-refractivity contribution in [1.29, 1.82) is 0 Å². The number of carbonyl (C=O) groups is 1. The molecule has 0 spiro atoms. The predicted molar refractivity (Wildman–Crippen MR) is 112 cm³/mol. The zero-order valence-electron chi connectivity index (χ0n) is 18.3. The molecule has 0 aromatic rings. The summed E-state index contributed by atoms with van der Waals surface area (Å²) in [7, 11) is 3.81. The van der Waals surface area contributed by atoms with Gasteiger partial charge in [0.15, 0.2) is 6.54 Å². The minimum atomic E-state index is -0.772. The van der Waals surface area contributed by atoms with E-state index in [1.807, 2.05) is 14.1 Å². The van der Waals surface area contributed by atoms with Crippen LogP contribution in [0.4, 0.5) is 0 Å². The maximum Gasteiger partial charge on any atom is 0.359 e. The monoisotopic (exact) mass is 388 g/mol. The van der Waals surface area contributed by atoms with Gasteiger partial charge in [-0.2, -0.15) is 0 Å². The number of carboxylic acids is 1. The lowest BCUT2D eigenvalue weighted by Crippen LogP contribution is -2.46. The molecule has 0 saturated heterocycles. The smallest absolute Gasteiger partial charge is 0.359 e. The average molecular weight is 389 g/mol. The highest BCUT2D eigenvalue weighted by Gasteiger charge is 2.18. The third-order valence-electron chi connectivity index (χ3n) is 4.92. The van der Waals surface area contributed by atoms with Crippen LogP contribution in [-0.4, -0.2) is 69.2 Å². The summed E-state index contributed by atoms with van der Waals surface area (Å²) in [4.78, 5) is 10.7. The van der Waals surface area contributed by atoms with Gasteiger partial charge in [-0.15, -0.1) is 0 Å². The molecule has 0 atom stereocenters. The first-order chi connectivity index (χ1) is 13.0. The fourth-order valence-corrected chi connectivity index (χ4v) is 3.12. The van der Waals surface area contributed by atoms with Gasteiger partial charge in [-0.05, 0) is 6.42 Å². The fraction of sp³-hybridized carbons (Fsp3) is 0.955. The van der Waals surface area contributed by atoms with Crippen molar-refractivity contribution in [2.24, 2.45) is 0 Å². The normalized spacial score (nSPS) is 11.8. The first-order valence-electron chi connectivity index (χ1n) is 11.2. The Labute approximate surface area is 168 Å². The van der Waals surface area contributed by atoms with E-state index in [0.29, 0.717) is 30.8 Å². The molecule has 27 heavy (non-hydrogen) atoms. The Morgan fingerprint density at radius 3 is 1.63 bits per heavy atom. The van der Waals surface area contributed by atoms with Gasteiger partial charge in [-0.1, -0.05) is 77.6 Å². The summed E-state index contributed by atoms with van der Waals surface area (Å²) in [5.41, 5.74) is 0. The van der Waals surface area contributed by atoms with Crippen LogP contribution in [-0.2, 0) is 14.3 Å². The lowest BCUT2D eigenvalue weighted by atomic mass is 10.1. The van der Waals surface area contributed by atoms with Crippen LogP contribution in [0.5, 0.6) is 0 Å². The molecular weight excluding hydrogens is 342 g/mol. The molecule has 1 N–H and O–H groups in total. The largest absolute Gasteiger partial charge is 0.477 e. The molecule has 162 valence electrons. The molecule has 0 fully saturated rings. The highest BCUT2D eigenvalue weighted by Crippen LogP contribution is 2.11. The number of hydrogen-bond acceptors (Lipinski definition) is 3. The van der Waals surface area contributed by atoms with Gasteiger partial charge in [0.25, 0.3) is 0 Å². The molecule has 0 aromatic carbocycles. The molecule has 5 nitrogen and oxygen atoms in total. The summed E-state index contributed by atoms with van der Waals surface area (Å²) in [6.45, 7) is 5.70. The molecule has 0 unspecified atom stereocenters. The van der Waals surface area contributed by atoms with Crippen LogP contribution < -0.4 is 0 Å². The Morgan fingerprint density at radius 2 is 1.15 bits per heavy atom. The second-order valence-corrected chi connectivity index (χ2v) is 8.33. The number of unbranched alkanes of at least 4 members (excludes halogenated alkanes) is 11. The van der Waals surface area contributed by atoms with E-state index in [9.17, 15) is 4.79 Å². The standard InChI is InChI=1S/C22H45NO4/c1-4-5-6-7-8-9-10-11-12-13-14-15-17-26-19-20-27-18-16-23(2,3)21-22(24)25/h4-21H2,1-3H3/p+1. The summed E-state index contributed by atoms with van der Waals surface area (Å²) in [5, 5.41) is 8.82. The number of quaternary nitrogens is 1. The Bertz CT molecular complexity index is 334. The Kier molecular flexibility index (Phi) is 18.3. The van der Waals surface area contributed by atoms with Gasteiger partial charge in [0.05, 0.1) is 33.9 Å². The quantitative estimate of drug-likeness (QED) is 0.225. The van der Waals surface area contributed by atoms with Crippen LogP contribution in [0.25, 0.3) is 0 Å². The number of aliphatic carboxylic acids is 1. The Balaban J connectivity index is 3.16.